The summed E-state index contributed by atoms with van der Waals surface area (Å²) in [5, 5.41) is 0. The van der Waals surface area contributed by atoms with Crippen LogP contribution in [0.4, 0.5) is 0 Å². The zero-order valence-corrected chi connectivity index (χ0v) is 13.8. The number of methoxy groups -OCH3 is 1. The number of nitrogens with one attached hydrogen (secondary N) is 1. The number of rotatable bonds is 8. The van der Waals surface area contributed by atoms with E-state index in [1.54, 1.807) is 24.1 Å². The van der Waals surface area contributed by atoms with Crippen molar-refractivity contribution in [1.82, 2.24) is 0 Å². The van der Waals surface area contributed by atoms with Crippen LogP contribution in [-0.2, 0) is 0 Å². The summed E-state index contributed by atoms with van der Waals surface area (Å²) in [6.07, 6.45) is 5.73. The average molecular weight is 306 g/mol. The molecule has 1 aliphatic rings. The fraction of sp³-hybridized carbons (Fsp3) is 0.611. The Labute approximate surface area is 133 Å². The minimum atomic E-state index is 0.551. The van der Waals surface area contributed by atoms with E-state index in [0.29, 0.717) is 23.7 Å². The second kappa shape index (κ2) is 8.79. The van der Waals surface area contributed by atoms with Crippen LogP contribution in [0.5, 0.6) is 11.5 Å². The summed E-state index contributed by atoms with van der Waals surface area (Å²) in [6, 6.07) is 5.38. The highest BCUT2D eigenvalue weighted by molar-refractivity contribution is 5.81. The third-order valence-electron chi connectivity index (χ3n) is 4.39. The van der Waals surface area contributed by atoms with Crippen LogP contribution in [0, 0.1) is 5.92 Å². The van der Waals surface area contributed by atoms with Gasteiger partial charge in [-0.15, -0.1) is 0 Å². The van der Waals surface area contributed by atoms with Gasteiger partial charge in [0.1, 0.15) is 0 Å². The van der Waals surface area contributed by atoms with E-state index in [1.165, 1.54) is 32.5 Å². The van der Waals surface area contributed by atoms with Crippen molar-refractivity contribution in [2.75, 3.05) is 33.4 Å². The molecule has 1 fully saturated rings. The number of aldehydes is 1. The van der Waals surface area contributed by atoms with E-state index >= 15 is 0 Å². The molecule has 0 spiro atoms. The van der Waals surface area contributed by atoms with Gasteiger partial charge in [0, 0.05) is 5.92 Å². The zero-order valence-electron chi connectivity index (χ0n) is 13.8. The molecule has 1 aliphatic heterocycles. The van der Waals surface area contributed by atoms with Crippen molar-refractivity contribution in [3.63, 3.8) is 0 Å². The molecule has 0 saturated carbocycles. The molecule has 0 aliphatic carbocycles. The predicted molar refractivity (Wildman–Crippen MR) is 87.1 cm³/mol. The fourth-order valence-corrected chi connectivity index (χ4v) is 3.22. The van der Waals surface area contributed by atoms with Gasteiger partial charge >= 0.3 is 0 Å². The van der Waals surface area contributed by atoms with Gasteiger partial charge < -0.3 is 14.4 Å². The van der Waals surface area contributed by atoms with Crippen molar-refractivity contribution in [2.24, 2.45) is 5.92 Å². The lowest BCUT2D eigenvalue weighted by molar-refractivity contribution is -0.908. The molecule has 1 unspecified atom stereocenters. The van der Waals surface area contributed by atoms with E-state index in [0.717, 1.165) is 25.0 Å². The molecule has 4 nitrogen and oxygen atoms in total. The summed E-state index contributed by atoms with van der Waals surface area (Å²) in [5.41, 5.74) is 0.551. The van der Waals surface area contributed by atoms with Gasteiger partial charge in [-0.05, 0) is 37.8 Å². The summed E-state index contributed by atoms with van der Waals surface area (Å²) in [4.78, 5) is 12.8. The molecule has 22 heavy (non-hydrogen) atoms. The second-order valence-corrected chi connectivity index (χ2v) is 6.25. The van der Waals surface area contributed by atoms with Crippen molar-refractivity contribution in [1.29, 1.82) is 0 Å². The normalized spacial score (nSPS) is 21.4. The van der Waals surface area contributed by atoms with Crippen LogP contribution < -0.4 is 14.4 Å². The Balaban J connectivity index is 1.73. The molecule has 0 amide bonds. The highest BCUT2D eigenvalue weighted by Crippen LogP contribution is 2.30. The lowest BCUT2D eigenvalue weighted by atomic mass is 10.0. The number of unbranched alkanes of at least 4 members (excludes halogenated alkanes) is 1. The maximum Gasteiger partial charge on any atom is 0.171 e. The highest BCUT2D eigenvalue weighted by atomic mass is 16.5. The molecule has 0 radical (unpaired) electrons. The number of benzene rings is 1. The topological polar surface area (TPSA) is 40.0 Å². The minimum absolute atomic E-state index is 0.551. The summed E-state index contributed by atoms with van der Waals surface area (Å²) in [5.74, 6) is 2.06. The van der Waals surface area contributed by atoms with Crippen molar-refractivity contribution >= 4 is 6.29 Å². The average Bonchev–Trinajstić information content (AvgIpc) is 2.54. The SMILES string of the molecule is COc1cccc(C=O)c1OCCCC[NH+]1CCC[C@H](C)C1. The summed E-state index contributed by atoms with van der Waals surface area (Å²) in [6.45, 7) is 6.82. The number of ether oxygens (including phenoxy) is 2. The number of quaternary nitrogens is 1. The predicted octanol–water partition coefficient (Wildman–Crippen LogP) is 1.98. The van der Waals surface area contributed by atoms with Gasteiger partial charge in [-0.3, -0.25) is 4.79 Å². The molecule has 1 aromatic carbocycles. The number of carbonyl (C=O) groups is 1. The molecular formula is C18H28NO3+. The maximum atomic E-state index is 11.1. The molecule has 1 aromatic rings. The Hall–Kier alpha value is -1.55. The number of para-hydroxylation sites is 1. The van der Waals surface area contributed by atoms with Crippen LogP contribution in [0.3, 0.4) is 0 Å². The molecule has 0 bridgehead atoms. The molecule has 1 saturated heterocycles. The smallest absolute Gasteiger partial charge is 0.171 e. The van der Waals surface area contributed by atoms with Gasteiger partial charge in [-0.1, -0.05) is 13.0 Å². The first-order valence-corrected chi connectivity index (χ1v) is 8.33. The Kier molecular flexibility index (Phi) is 6.72. The van der Waals surface area contributed by atoms with Gasteiger partial charge in [0.25, 0.3) is 0 Å². The Morgan fingerprint density at radius 2 is 2.23 bits per heavy atom. The van der Waals surface area contributed by atoms with Crippen molar-refractivity contribution in [3.05, 3.63) is 23.8 Å². The molecule has 122 valence electrons. The third kappa shape index (κ3) is 4.73. The number of likely N-dealkylation sites (tertiary alicyclic amines) is 1. The Morgan fingerprint density at radius 1 is 1.36 bits per heavy atom. The van der Waals surface area contributed by atoms with E-state index in [1.807, 2.05) is 6.07 Å². The molecule has 1 N–H and O–H groups in total. The quantitative estimate of drug-likeness (QED) is 0.590. The van der Waals surface area contributed by atoms with Crippen molar-refractivity contribution in [3.8, 4) is 11.5 Å². The Bertz CT molecular complexity index is 475. The van der Waals surface area contributed by atoms with Crippen LogP contribution in [0.1, 0.15) is 43.0 Å². The summed E-state index contributed by atoms with van der Waals surface area (Å²) < 4.78 is 11.1. The van der Waals surface area contributed by atoms with Crippen molar-refractivity contribution in [2.45, 2.75) is 32.6 Å². The first-order valence-electron chi connectivity index (χ1n) is 8.33. The highest BCUT2D eigenvalue weighted by Gasteiger charge is 2.18. The third-order valence-corrected chi connectivity index (χ3v) is 4.39. The molecule has 2 atom stereocenters. The van der Waals surface area contributed by atoms with Gasteiger partial charge in [0.05, 0.1) is 38.9 Å². The van der Waals surface area contributed by atoms with Gasteiger partial charge in [-0.25, -0.2) is 0 Å². The van der Waals surface area contributed by atoms with Gasteiger partial charge in [-0.2, -0.15) is 0 Å². The van der Waals surface area contributed by atoms with Crippen LogP contribution in [0.25, 0.3) is 0 Å². The molecular weight excluding hydrogens is 278 g/mol. The lowest BCUT2D eigenvalue weighted by Gasteiger charge is -2.27. The first-order chi connectivity index (χ1) is 10.7. The first kappa shape index (κ1) is 16.8. The minimum Gasteiger partial charge on any atom is -0.493 e. The zero-order chi connectivity index (χ0) is 15.8. The number of carbonyl (C=O) groups excluding carboxylic acids is 1. The van der Waals surface area contributed by atoms with Crippen LogP contribution in [0.2, 0.25) is 0 Å². The molecule has 0 aromatic heterocycles. The maximum absolute atomic E-state index is 11.1. The van der Waals surface area contributed by atoms with E-state index < -0.39 is 0 Å². The number of hydrogen-bond donors (Lipinski definition) is 1. The largest absolute Gasteiger partial charge is 0.493 e. The molecule has 4 heteroatoms. The summed E-state index contributed by atoms with van der Waals surface area (Å²) >= 11 is 0. The number of piperidine rings is 1. The monoisotopic (exact) mass is 306 g/mol. The van der Waals surface area contributed by atoms with Crippen LogP contribution >= 0.6 is 0 Å². The molecule has 1 heterocycles. The van der Waals surface area contributed by atoms with Crippen molar-refractivity contribution < 1.29 is 19.2 Å². The number of hydrogen-bond acceptors (Lipinski definition) is 3. The lowest BCUT2D eigenvalue weighted by Crippen LogP contribution is -3.13. The van der Waals surface area contributed by atoms with Gasteiger partial charge in [0.15, 0.2) is 17.8 Å². The van der Waals surface area contributed by atoms with E-state index in [2.05, 4.69) is 6.92 Å². The van der Waals surface area contributed by atoms with E-state index in [9.17, 15) is 4.79 Å². The fourth-order valence-electron chi connectivity index (χ4n) is 3.22. The Morgan fingerprint density at radius 3 is 2.95 bits per heavy atom. The second-order valence-electron chi connectivity index (χ2n) is 6.25. The van der Waals surface area contributed by atoms with E-state index in [4.69, 9.17) is 9.47 Å². The standard InChI is InChI=1S/C18H27NO3/c1-15-7-6-11-19(13-15)10-3-4-12-22-18-16(14-20)8-5-9-17(18)21-2/h5,8-9,14-15H,3-4,6-7,10-13H2,1-2H3/p+1/t15-/m0/s1. The summed E-state index contributed by atoms with van der Waals surface area (Å²) in [7, 11) is 1.59. The van der Waals surface area contributed by atoms with Crippen LogP contribution in [-0.4, -0.2) is 39.6 Å². The van der Waals surface area contributed by atoms with Crippen LogP contribution in [0.15, 0.2) is 18.2 Å². The van der Waals surface area contributed by atoms with Gasteiger partial charge in [0.2, 0.25) is 0 Å². The van der Waals surface area contributed by atoms with E-state index in [-0.39, 0.29) is 0 Å². The molecule has 2 rings (SSSR count).